The Labute approximate surface area is 174 Å². The fourth-order valence-corrected chi connectivity index (χ4v) is 3.63. The molecule has 2 aromatic carbocycles. The number of carbonyl (C=O) groups excluding carboxylic acids is 1. The van der Waals surface area contributed by atoms with Crippen molar-refractivity contribution in [2.75, 3.05) is 26.8 Å². The number of hydrogen-bond acceptors (Lipinski definition) is 3. The van der Waals surface area contributed by atoms with Crippen LogP contribution in [0.2, 0.25) is 10.0 Å². The first-order valence-corrected chi connectivity index (χ1v) is 9.62. The monoisotopic (exact) mass is 418 g/mol. The number of halogens is 2. The topological polar surface area (TPSA) is 43.1 Å². The molecule has 7 heteroatoms. The number of hydrogen-bond donors (Lipinski definition) is 0. The third-order valence-corrected chi connectivity index (χ3v) is 5.59. The summed E-state index contributed by atoms with van der Waals surface area (Å²) in [6, 6.07) is 12.3. The molecule has 0 radical (unpaired) electrons. The summed E-state index contributed by atoms with van der Waals surface area (Å²) in [7, 11) is 1.55. The van der Waals surface area contributed by atoms with Gasteiger partial charge in [-0.2, -0.15) is 0 Å². The number of amides is 1. The Bertz CT molecular complexity index is 886. The highest BCUT2D eigenvalue weighted by atomic mass is 35.5. The molecule has 1 aliphatic rings. The van der Waals surface area contributed by atoms with Gasteiger partial charge in [-0.15, -0.1) is 0 Å². The molecule has 146 valence electrons. The summed E-state index contributed by atoms with van der Waals surface area (Å²) in [5.41, 5.74) is 0.194. The first-order chi connectivity index (χ1) is 13.5. The Morgan fingerprint density at radius 2 is 1.86 bits per heavy atom. The van der Waals surface area contributed by atoms with Crippen LogP contribution >= 0.6 is 23.2 Å². The Balaban J connectivity index is 1.62. The van der Waals surface area contributed by atoms with Gasteiger partial charge in [0.15, 0.2) is 6.61 Å². The Morgan fingerprint density at radius 3 is 2.46 bits per heavy atom. The highest BCUT2D eigenvalue weighted by Crippen LogP contribution is 2.40. The van der Waals surface area contributed by atoms with Crippen LogP contribution in [0.25, 0.3) is 4.85 Å². The van der Waals surface area contributed by atoms with Gasteiger partial charge in [-0.25, -0.2) is 6.57 Å². The van der Waals surface area contributed by atoms with E-state index in [9.17, 15) is 4.79 Å². The van der Waals surface area contributed by atoms with Gasteiger partial charge in [0.2, 0.25) is 0 Å². The quantitative estimate of drug-likeness (QED) is 0.653. The predicted molar refractivity (Wildman–Crippen MR) is 109 cm³/mol. The molecule has 1 aliphatic heterocycles. The largest absolute Gasteiger partial charge is 0.495 e. The molecule has 1 fully saturated rings. The maximum Gasteiger partial charge on any atom is 0.261 e. The number of piperidine rings is 1. The molecule has 0 atom stereocenters. The fraction of sp³-hybridized carbons (Fsp3) is 0.333. The Morgan fingerprint density at radius 1 is 1.18 bits per heavy atom. The zero-order valence-corrected chi connectivity index (χ0v) is 17.0. The van der Waals surface area contributed by atoms with E-state index < -0.39 is 5.54 Å². The number of methoxy groups -OCH3 is 1. The van der Waals surface area contributed by atoms with Gasteiger partial charge in [0.05, 0.1) is 12.1 Å². The molecule has 1 amide bonds. The van der Waals surface area contributed by atoms with Gasteiger partial charge in [0.1, 0.15) is 11.5 Å². The zero-order chi connectivity index (χ0) is 20.1. The average Bonchev–Trinajstić information content (AvgIpc) is 2.73. The average molecular weight is 419 g/mol. The molecule has 0 aliphatic carbocycles. The molecule has 0 N–H and O–H groups in total. The molecule has 1 saturated heterocycles. The van der Waals surface area contributed by atoms with Crippen LogP contribution in [0.4, 0.5) is 0 Å². The molecule has 1 heterocycles. The first-order valence-electron chi connectivity index (χ1n) is 8.86. The number of likely N-dealkylation sites (tertiary alicyclic amines) is 1. The third-order valence-electron chi connectivity index (χ3n) is 5.02. The molecule has 3 rings (SSSR count). The SMILES string of the molecule is [C-]#[N+]C1(c2ccc(Cl)c(OC)c2)CCN(C(=O)COc2ccc(Cl)cc2)CC1. The lowest BCUT2D eigenvalue weighted by molar-refractivity contribution is -0.134. The van der Waals surface area contributed by atoms with Crippen molar-refractivity contribution in [2.45, 2.75) is 18.4 Å². The second-order valence-corrected chi connectivity index (χ2v) is 7.46. The van der Waals surface area contributed by atoms with Crippen molar-refractivity contribution < 1.29 is 14.3 Å². The van der Waals surface area contributed by atoms with Gasteiger partial charge in [-0.3, -0.25) is 4.79 Å². The van der Waals surface area contributed by atoms with Crippen molar-refractivity contribution in [1.29, 1.82) is 0 Å². The van der Waals surface area contributed by atoms with E-state index in [4.69, 9.17) is 39.2 Å². The van der Waals surface area contributed by atoms with Crippen LogP contribution in [0.3, 0.4) is 0 Å². The van der Waals surface area contributed by atoms with Gasteiger partial charge in [-0.05, 0) is 42.5 Å². The van der Waals surface area contributed by atoms with Crippen molar-refractivity contribution >= 4 is 29.1 Å². The molecule has 0 saturated carbocycles. The second kappa shape index (κ2) is 8.72. The molecular weight excluding hydrogens is 399 g/mol. The molecule has 2 aromatic rings. The van der Waals surface area contributed by atoms with E-state index in [1.54, 1.807) is 42.3 Å². The summed E-state index contributed by atoms with van der Waals surface area (Å²) >= 11 is 12.0. The van der Waals surface area contributed by atoms with Crippen LogP contribution in [-0.4, -0.2) is 37.6 Å². The lowest BCUT2D eigenvalue weighted by Gasteiger charge is -2.34. The van der Waals surface area contributed by atoms with Crippen molar-refractivity contribution in [2.24, 2.45) is 0 Å². The summed E-state index contributed by atoms with van der Waals surface area (Å²) in [4.78, 5) is 18.1. The molecular formula is C21H20Cl2N2O3. The minimum absolute atomic E-state index is 0.0403. The van der Waals surface area contributed by atoms with E-state index in [-0.39, 0.29) is 12.5 Å². The van der Waals surface area contributed by atoms with E-state index in [0.29, 0.717) is 47.5 Å². The van der Waals surface area contributed by atoms with Crippen LogP contribution in [0.15, 0.2) is 42.5 Å². The van der Waals surface area contributed by atoms with Gasteiger partial charge in [-0.1, -0.05) is 23.2 Å². The molecule has 0 bridgehead atoms. The van der Waals surface area contributed by atoms with Gasteiger partial charge >= 0.3 is 0 Å². The van der Waals surface area contributed by atoms with Crippen LogP contribution in [0, 0.1) is 6.57 Å². The van der Waals surface area contributed by atoms with Crippen LogP contribution in [0.5, 0.6) is 11.5 Å². The summed E-state index contributed by atoms with van der Waals surface area (Å²) < 4.78 is 10.8. The summed E-state index contributed by atoms with van der Waals surface area (Å²) in [5, 5.41) is 1.13. The third kappa shape index (κ3) is 4.35. The fourth-order valence-electron chi connectivity index (χ4n) is 3.31. The van der Waals surface area contributed by atoms with Crippen molar-refractivity contribution in [3.63, 3.8) is 0 Å². The standard InChI is InChI=1S/C21H20Cl2N2O3/c1-24-21(15-3-8-18(23)19(13-15)27-2)9-11-25(12-10-21)20(26)14-28-17-6-4-16(22)5-7-17/h3-8,13H,9-12,14H2,2H3. The minimum Gasteiger partial charge on any atom is -0.495 e. The predicted octanol–water partition coefficient (Wildman–Crippen LogP) is 4.82. The Hall–Kier alpha value is -2.42. The second-order valence-electron chi connectivity index (χ2n) is 6.62. The van der Waals surface area contributed by atoms with E-state index >= 15 is 0 Å². The highest BCUT2D eigenvalue weighted by Gasteiger charge is 2.43. The smallest absolute Gasteiger partial charge is 0.261 e. The summed E-state index contributed by atoms with van der Waals surface area (Å²) in [6.45, 7) is 8.71. The summed E-state index contributed by atoms with van der Waals surface area (Å²) in [6.07, 6.45) is 1.10. The van der Waals surface area contributed by atoms with E-state index in [0.717, 1.165) is 5.56 Å². The first kappa shape index (κ1) is 20.3. The summed E-state index contributed by atoms with van der Waals surface area (Å²) in [5.74, 6) is 1.05. The molecule has 0 spiro atoms. The lowest BCUT2D eigenvalue weighted by atomic mass is 9.81. The van der Waals surface area contributed by atoms with Gasteiger partial charge in [0.25, 0.3) is 11.4 Å². The molecule has 0 unspecified atom stereocenters. The number of carbonyl (C=O) groups is 1. The van der Waals surface area contributed by atoms with E-state index in [1.807, 2.05) is 12.1 Å². The Kier molecular flexibility index (Phi) is 6.33. The molecule has 5 nitrogen and oxygen atoms in total. The van der Waals surface area contributed by atoms with Crippen molar-refractivity contribution in [3.05, 3.63) is 69.5 Å². The van der Waals surface area contributed by atoms with Crippen molar-refractivity contribution in [1.82, 2.24) is 4.90 Å². The molecule has 28 heavy (non-hydrogen) atoms. The number of benzene rings is 2. The minimum atomic E-state index is -0.675. The van der Waals surface area contributed by atoms with Crippen molar-refractivity contribution in [3.8, 4) is 11.5 Å². The number of ether oxygens (including phenoxy) is 2. The van der Waals surface area contributed by atoms with Gasteiger partial charge < -0.3 is 19.2 Å². The zero-order valence-electron chi connectivity index (χ0n) is 15.5. The van der Waals surface area contributed by atoms with Crippen LogP contribution in [-0.2, 0) is 10.3 Å². The maximum atomic E-state index is 12.5. The number of rotatable bonds is 5. The normalized spacial score (nSPS) is 15.6. The maximum absolute atomic E-state index is 12.5. The van der Waals surface area contributed by atoms with Crippen LogP contribution in [0.1, 0.15) is 18.4 Å². The highest BCUT2D eigenvalue weighted by molar-refractivity contribution is 6.32. The van der Waals surface area contributed by atoms with E-state index in [2.05, 4.69) is 4.85 Å². The lowest BCUT2D eigenvalue weighted by Crippen LogP contribution is -2.45. The molecule has 0 aromatic heterocycles. The van der Waals surface area contributed by atoms with Gasteiger partial charge in [0, 0.05) is 36.5 Å². The van der Waals surface area contributed by atoms with E-state index in [1.165, 1.54) is 0 Å². The number of nitrogens with zero attached hydrogens (tertiary/aromatic N) is 2. The van der Waals surface area contributed by atoms with Crippen LogP contribution < -0.4 is 9.47 Å².